The Morgan fingerprint density at radius 2 is 2.07 bits per heavy atom. The SMILES string of the molecule is CON(O)C(Cc1ccccc1)C(=O)O. The Balaban J connectivity index is 2.71. The summed E-state index contributed by atoms with van der Waals surface area (Å²) in [6, 6.07) is 7.94. The van der Waals surface area contributed by atoms with E-state index in [1.807, 2.05) is 18.2 Å². The van der Waals surface area contributed by atoms with Crippen LogP contribution in [0.25, 0.3) is 0 Å². The van der Waals surface area contributed by atoms with E-state index >= 15 is 0 Å². The molecule has 5 heteroatoms. The Kier molecular flexibility index (Phi) is 4.23. The summed E-state index contributed by atoms with van der Waals surface area (Å²) >= 11 is 0. The average molecular weight is 211 g/mol. The van der Waals surface area contributed by atoms with E-state index < -0.39 is 12.0 Å². The molecule has 0 saturated carbocycles. The van der Waals surface area contributed by atoms with E-state index in [1.54, 1.807) is 12.1 Å². The highest BCUT2D eigenvalue weighted by Crippen LogP contribution is 2.07. The fraction of sp³-hybridized carbons (Fsp3) is 0.300. The Morgan fingerprint density at radius 3 is 2.53 bits per heavy atom. The highest BCUT2D eigenvalue weighted by Gasteiger charge is 2.24. The topological polar surface area (TPSA) is 70.0 Å². The van der Waals surface area contributed by atoms with Gasteiger partial charge in [-0.25, -0.2) is 0 Å². The van der Waals surface area contributed by atoms with Crippen molar-refractivity contribution in [2.75, 3.05) is 7.11 Å². The number of carboxylic acid groups (broad SMARTS) is 1. The number of rotatable bonds is 5. The molecule has 82 valence electrons. The number of aliphatic carboxylic acids is 1. The van der Waals surface area contributed by atoms with Gasteiger partial charge in [0.1, 0.15) is 0 Å². The molecule has 0 heterocycles. The van der Waals surface area contributed by atoms with Crippen molar-refractivity contribution < 1.29 is 19.9 Å². The zero-order chi connectivity index (χ0) is 11.3. The lowest BCUT2D eigenvalue weighted by molar-refractivity contribution is -0.344. The fourth-order valence-electron chi connectivity index (χ4n) is 1.22. The van der Waals surface area contributed by atoms with Crippen molar-refractivity contribution in [2.24, 2.45) is 0 Å². The van der Waals surface area contributed by atoms with Crippen molar-refractivity contribution in [2.45, 2.75) is 12.5 Å². The Labute approximate surface area is 87.4 Å². The molecular weight excluding hydrogens is 198 g/mol. The molecule has 0 radical (unpaired) electrons. The minimum atomic E-state index is -1.14. The first-order valence-electron chi connectivity index (χ1n) is 4.44. The van der Waals surface area contributed by atoms with Crippen molar-refractivity contribution in [1.82, 2.24) is 5.23 Å². The van der Waals surface area contributed by atoms with E-state index in [4.69, 9.17) is 5.11 Å². The Bertz CT molecular complexity index is 314. The lowest BCUT2D eigenvalue weighted by atomic mass is 10.1. The molecule has 0 aliphatic heterocycles. The van der Waals surface area contributed by atoms with Gasteiger partial charge in [-0.2, -0.15) is 0 Å². The smallest absolute Gasteiger partial charge is 0.326 e. The van der Waals surface area contributed by atoms with Crippen LogP contribution >= 0.6 is 0 Å². The van der Waals surface area contributed by atoms with Crippen LogP contribution in [0.4, 0.5) is 0 Å². The number of carbonyl (C=O) groups is 1. The van der Waals surface area contributed by atoms with Gasteiger partial charge in [0.15, 0.2) is 6.04 Å². The normalized spacial score (nSPS) is 12.7. The zero-order valence-electron chi connectivity index (χ0n) is 8.33. The van der Waals surface area contributed by atoms with Gasteiger partial charge in [0.2, 0.25) is 0 Å². The van der Waals surface area contributed by atoms with Gasteiger partial charge < -0.3 is 5.11 Å². The molecule has 0 fully saturated rings. The lowest BCUT2D eigenvalue weighted by Gasteiger charge is -2.19. The average Bonchev–Trinajstić information content (AvgIpc) is 2.26. The Morgan fingerprint density at radius 1 is 1.47 bits per heavy atom. The zero-order valence-corrected chi connectivity index (χ0v) is 8.33. The van der Waals surface area contributed by atoms with Crippen LogP contribution in [-0.2, 0) is 16.1 Å². The second kappa shape index (κ2) is 5.45. The third-order valence-corrected chi connectivity index (χ3v) is 2.01. The van der Waals surface area contributed by atoms with Gasteiger partial charge in [0.05, 0.1) is 7.11 Å². The number of hydrogen-bond donors (Lipinski definition) is 2. The number of benzene rings is 1. The van der Waals surface area contributed by atoms with Gasteiger partial charge in [-0.15, -0.1) is 0 Å². The molecule has 0 saturated heterocycles. The summed E-state index contributed by atoms with van der Waals surface area (Å²) < 4.78 is 0. The van der Waals surface area contributed by atoms with E-state index in [0.717, 1.165) is 5.56 Å². The maximum Gasteiger partial charge on any atom is 0.326 e. The number of hydroxylamine groups is 2. The molecule has 1 atom stereocenters. The van der Waals surface area contributed by atoms with Crippen molar-refractivity contribution in [3.05, 3.63) is 35.9 Å². The van der Waals surface area contributed by atoms with E-state index in [-0.39, 0.29) is 6.42 Å². The largest absolute Gasteiger partial charge is 0.480 e. The molecule has 1 rings (SSSR count). The second-order valence-corrected chi connectivity index (χ2v) is 3.03. The number of nitrogens with zero attached hydrogens (tertiary/aromatic N) is 1. The number of hydrogen-bond acceptors (Lipinski definition) is 4. The standard InChI is InChI=1S/C10H13NO4/c1-15-11(14)9(10(12)13)7-8-5-3-2-4-6-8/h2-6,9,14H,7H2,1H3,(H,12,13). The van der Waals surface area contributed by atoms with Crippen molar-refractivity contribution >= 4 is 5.97 Å². The first kappa shape index (κ1) is 11.6. The summed E-state index contributed by atoms with van der Waals surface area (Å²) in [5.74, 6) is -1.14. The van der Waals surface area contributed by atoms with Gasteiger partial charge in [0.25, 0.3) is 0 Å². The molecule has 0 aliphatic carbocycles. The van der Waals surface area contributed by atoms with Crippen LogP contribution in [0, 0.1) is 0 Å². The van der Waals surface area contributed by atoms with Crippen LogP contribution in [0.15, 0.2) is 30.3 Å². The van der Waals surface area contributed by atoms with Crippen molar-refractivity contribution in [3.63, 3.8) is 0 Å². The van der Waals surface area contributed by atoms with E-state index in [1.165, 1.54) is 7.11 Å². The highest BCUT2D eigenvalue weighted by molar-refractivity contribution is 5.73. The van der Waals surface area contributed by atoms with Crippen LogP contribution in [-0.4, -0.2) is 34.7 Å². The molecule has 5 nitrogen and oxygen atoms in total. The predicted molar refractivity (Wildman–Crippen MR) is 52.2 cm³/mol. The maximum atomic E-state index is 10.8. The van der Waals surface area contributed by atoms with Crippen LogP contribution in [0.2, 0.25) is 0 Å². The molecule has 0 bridgehead atoms. The minimum Gasteiger partial charge on any atom is -0.480 e. The van der Waals surface area contributed by atoms with Crippen molar-refractivity contribution in [1.29, 1.82) is 0 Å². The van der Waals surface area contributed by atoms with Crippen LogP contribution < -0.4 is 0 Å². The lowest BCUT2D eigenvalue weighted by Crippen LogP contribution is -2.39. The van der Waals surface area contributed by atoms with Crippen LogP contribution in [0.1, 0.15) is 5.56 Å². The van der Waals surface area contributed by atoms with Gasteiger partial charge in [-0.3, -0.25) is 14.8 Å². The van der Waals surface area contributed by atoms with E-state index in [0.29, 0.717) is 5.23 Å². The van der Waals surface area contributed by atoms with Crippen LogP contribution in [0.5, 0.6) is 0 Å². The maximum absolute atomic E-state index is 10.8. The first-order chi connectivity index (χ1) is 7.15. The molecule has 2 N–H and O–H groups in total. The summed E-state index contributed by atoms with van der Waals surface area (Å²) in [5.41, 5.74) is 0.820. The quantitative estimate of drug-likeness (QED) is 0.709. The molecule has 0 spiro atoms. The summed E-state index contributed by atoms with van der Waals surface area (Å²) in [6.07, 6.45) is 0.181. The summed E-state index contributed by atoms with van der Waals surface area (Å²) in [5, 5.41) is 18.4. The highest BCUT2D eigenvalue weighted by atomic mass is 16.9. The van der Waals surface area contributed by atoms with E-state index in [2.05, 4.69) is 4.84 Å². The molecule has 0 aromatic heterocycles. The summed E-state index contributed by atoms with van der Waals surface area (Å²) in [6.45, 7) is 0. The van der Waals surface area contributed by atoms with E-state index in [9.17, 15) is 10.0 Å². The van der Waals surface area contributed by atoms with Gasteiger partial charge in [-0.1, -0.05) is 35.6 Å². The predicted octanol–water partition coefficient (Wildman–Crippen LogP) is 0.935. The molecule has 15 heavy (non-hydrogen) atoms. The molecule has 1 unspecified atom stereocenters. The minimum absolute atomic E-state index is 0.181. The van der Waals surface area contributed by atoms with Gasteiger partial charge in [0, 0.05) is 6.42 Å². The summed E-state index contributed by atoms with van der Waals surface area (Å²) in [4.78, 5) is 15.3. The molecule has 0 amide bonds. The number of carboxylic acids is 1. The molecular formula is C10H13NO4. The molecule has 1 aromatic carbocycles. The monoisotopic (exact) mass is 211 g/mol. The molecule has 0 aliphatic rings. The van der Waals surface area contributed by atoms with Crippen LogP contribution in [0.3, 0.4) is 0 Å². The third-order valence-electron chi connectivity index (χ3n) is 2.01. The second-order valence-electron chi connectivity index (χ2n) is 3.03. The van der Waals surface area contributed by atoms with Gasteiger partial charge >= 0.3 is 5.97 Å². The van der Waals surface area contributed by atoms with Gasteiger partial charge in [-0.05, 0) is 5.56 Å². The fourth-order valence-corrected chi connectivity index (χ4v) is 1.22. The van der Waals surface area contributed by atoms with Crippen molar-refractivity contribution in [3.8, 4) is 0 Å². The first-order valence-corrected chi connectivity index (χ1v) is 4.44. The summed E-state index contributed by atoms with van der Waals surface area (Å²) in [7, 11) is 1.21. The third kappa shape index (κ3) is 3.32. The Hall–Kier alpha value is -1.43. The molecule has 1 aromatic rings.